The Balaban J connectivity index is 0.000000671. The quantitative estimate of drug-likeness (QED) is 0.782. The molecule has 0 radical (unpaired) electrons. The van der Waals surface area contributed by atoms with Gasteiger partial charge in [-0.05, 0) is 18.6 Å². The fourth-order valence-electron chi connectivity index (χ4n) is 2.25. The number of aromatic nitrogens is 4. The molecular weight excluding hydrogens is 322 g/mol. The highest BCUT2D eigenvalue weighted by Crippen LogP contribution is 2.25. The summed E-state index contributed by atoms with van der Waals surface area (Å²) < 4.78 is 18.6. The normalized spacial score (nSPS) is 11.1. The summed E-state index contributed by atoms with van der Waals surface area (Å²) in [6, 6.07) is 5.97. The third-order valence-electron chi connectivity index (χ3n) is 3.15. The van der Waals surface area contributed by atoms with Crippen molar-refractivity contribution in [2.24, 2.45) is 14.1 Å². The average Bonchev–Trinajstić information content (AvgIpc) is 3.16. The topological polar surface area (TPSA) is 64.7 Å². The summed E-state index contributed by atoms with van der Waals surface area (Å²) in [7, 11) is 2.30. The largest absolute Gasteiger partial charge is 0.283 e. The van der Waals surface area contributed by atoms with Crippen LogP contribution in [0.15, 0.2) is 35.5 Å². The molecule has 132 valence electrons. The van der Waals surface area contributed by atoms with Gasteiger partial charge in [0.1, 0.15) is 0 Å². The molecule has 2 heterocycles. The van der Waals surface area contributed by atoms with Gasteiger partial charge in [0, 0.05) is 25.7 Å². The molecule has 3 rings (SSSR count). The molecule has 0 aliphatic rings. The monoisotopic (exact) mass is 349 g/mol. The van der Waals surface area contributed by atoms with E-state index in [4.69, 9.17) is 0 Å². The van der Waals surface area contributed by atoms with Crippen LogP contribution in [-0.4, -0.2) is 23.8 Å². The van der Waals surface area contributed by atoms with Crippen molar-refractivity contribution in [1.29, 1.82) is 0 Å². The van der Waals surface area contributed by atoms with Gasteiger partial charge in [0.2, 0.25) is 0 Å². The summed E-state index contributed by atoms with van der Waals surface area (Å²) in [6.07, 6.45) is 3.30. The van der Waals surface area contributed by atoms with Crippen molar-refractivity contribution in [3.8, 4) is 0 Å². The van der Waals surface area contributed by atoms with Gasteiger partial charge >= 0.3 is 0 Å². The third kappa shape index (κ3) is 4.23. The molecule has 2 aromatic heterocycles. The standard InChI is InChI=1S/C13H15N5OS.2C2H6/c1-9-5-4-6-11-12(9)18(3)15-13(11)16-20(19)10-7-14-17(2)8-10;2*1-2/h4-8H,1-3H3,(H,15,16);2*1-2H3. The van der Waals surface area contributed by atoms with Gasteiger partial charge in [0.15, 0.2) is 16.8 Å². The van der Waals surface area contributed by atoms with Gasteiger partial charge in [-0.15, -0.1) is 0 Å². The van der Waals surface area contributed by atoms with Crippen LogP contribution < -0.4 is 4.72 Å². The number of hydrogen-bond acceptors (Lipinski definition) is 3. The summed E-state index contributed by atoms with van der Waals surface area (Å²) in [6.45, 7) is 10.0. The van der Waals surface area contributed by atoms with Crippen LogP contribution in [0.4, 0.5) is 5.82 Å². The fraction of sp³-hybridized carbons (Fsp3) is 0.412. The van der Waals surface area contributed by atoms with Crippen molar-refractivity contribution < 1.29 is 4.21 Å². The van der Waals surface area contributed by atoms with Crippen molar-refractivity contribution in [2.45, 2.75) is 39.5 Å². The molecule has 1 unspecified atom stereocenters. The average molecular weight is 350 g/mol. The van der Waals surface area contributed by atoms with Crippen LogP contribution >= 0.6 is 0 Å². The van der Waals surface area contributed by atoms with Crippen molar-refractivity contribution in [1.82, 2.24) is 19.6 Å². The minimum atomic E-state index is -1.37. The van der Waals surface area contributed by atoms with Crippen molar-refractivity contribution in [2.75, 3.05) is 4.72 Å². The van der Waals surface area contributed by atoms with Crippen LogP contribution in [0.5, 0.6) is 0 Å². The molecule has 0 spiro atoms. The Bertz CT molecular complexity index is 807. The zero-order valence-corrected chi connectivity index (χ0v) is 16.3. The molecule has 1 N–H and O–H groups in total. The molecule has 1 aromatic carbocycles. The van der Waals surface area contributed by atoms with Crippen LogP contribution in [0.1, 0.15) is 33.3 Å². The molecule has 0 saturated carbocycles. The first kappa shape index (κ1) is 19.9. The van der Waals surface area contributed by atoms with Crippen LogP contribution in [0.3, 0.4) is 0 Å². The summed E-state index contributed by atoms with van der Waals surface area (Å²) in [5.41, 5.74) is 2.18. The molecule has 0 amide bonds. The molecule has 3 aromatic rings. The van der Waals surface area contributed by atoms with Crippen LogP contribution in [0, 0.1) is 6.92 Å². The summed E-state index contributed by atoms with van der Waals surface area (Å²) in [5, 5.41) is 9.39. The Kier molecular flexibility index (Phi) is 7.64. The molecule has 1 atom stereocenters. The number of aryl methyl sites for hydroxylation is 3. The second kappa shape index (κ2) is 9.22. The SMILES string of the molecule is CC.CC.Cc1cccc2c(NS(=O)c3cnn(C)c3)nn(C)c12. The van der Waals surface area contributed by atoms with Gasteiger partial charge in [-0.25, -0.2) is 4.21 Å². The van der Waals surface area contributed by atoms with Gasteiger partial charge in [0.25, 0.3) is 0 Å². The van der Waals surface area contributed by atoms with Crippen molar-refractivity contribution in [3.05, 3.63) is 36.2 Å². The first-order chi connectivity index (χ1) is 11.6. The van der Waals surface area contributed by atoms with E-state index in [-0.39, 0.29) is 0 Å². The zero-order chi connectivity index (χ0) is 18.3. The Hall–Kier alpha value is -2.15. The van der Waals surface area contributed by atoms with Crippen molar-refractivity contribution in [3.63, 3.8) is 0 Å². The molecule has 0 saturated heterocycles. The smallest absolute Gasteiger partial charge is 0.167 e. The van der Waals surface area contributed by atoms with E-state index in [0.29, 0.717) is 10.7 Å². The van der Waals surface area contributed by atoms with Crippen LogP contribution in [0.25, 0.3) is 10.9 Å². The lowest BCUT2D eigenvalue weighted by Gasteiger charge is -2.01. The predicted molar refractivity (Wildman–Crippen MR) is 101 cm³/mol. The summed E-state index contributed by atoms with van der Waals surface area (Å²) in [4.78, 5) is 0.624. The predicted octanol–water partition coefficient (Wildman–Crippen LogP) is 3.80. The lowest BCUT2D eigenvalue weighted by Crippen LogP contribution is -2.05. The van der Waals surface area contributed by atoms with Gasteiger partial charge < -0.3 is 0 Å². The van der Waals surface area contributed by atoms with Crippen molar-refractivity contribution >= 4 is 27.7 Å². The minimum Gasteiger partial charge on any atom is -0.283 e. The van der Waals surface area contributed by atoms with Gasteiger partial charge in [-0.2, -0.15) is 10.2 Å². The Morgan fingerprint density at radius 2 is 1.79 bits per heavy atom. The summed E-state index contributed by atoms with van der Waals surface area (Å²) >= 11 is 0. The van der Waals surface area contributed by atoms with E-state index in [1.54, 1.807) is 28.8 Å². The maximum absolute atomic E-state index is 12.3. The number of hydrogen-bond donors (Lipinski definition) is 1. The van der Waals surface area contributed by atoms with Gasteiger partial charge in [0.05, 0.1) is 16.6 Å². The minimum absolute atomic E-state index is 0.619. The number of para-hydroxylation sites is 1. The molecule has 7 heteroatoms. The Morgan fingerprint density at radius 3 is 2.38 bits per heavy atom. The number of anilines is 1. The van der Waals surface area contributed by atoms with Gasteiger partial charge in [-0.3, -0.25) is 14.1 Å². The van der Waals surface area contributed by atoms with E-state index < -0.39 is 11.0 Å². The number of benzene rings is 1. The molecule has 24 heavy (non-hydrogen) atoms. The van der Waals surface area contributed by atoms with Crippen LogP contribution in [-0.2, 0) is 25.1 Å². The maximum atomic E-state index is 12.3. The first-order valence-electron chi connectivity index (χ1n) is 8.15. The van der Waals surface area contributed by atoms with E-state index >= 15 is 0 Å². The number of nitrogens with one attached hydrogen (secondary N) is 1. The third-order valence-corrected chi connectivity index (χ3v) is 4.17. The second-order valence-corrected chi connectivity index (χ2v) is 5.88. The molecule has 0 aliphatic heterocycles. The van der Waals surface area contributed by atoms with E-state index in [1.165, 1.54) is 0 Å². The summed E-state index contributed by atoms with van der Waals surface area (Å²) in [5.74, 6) is 0.619. The first-order valence-corrected chi connectivity index (χ1v) is 9.30. The molecule has 0 aliphatic carbocycles. The molecular formula is C17H27N5OS. The van der Waals surface area contributed by atoms with Gasteiger partial charge in [-0.1, -0.05) is 39.8 Å². The lowest BCUT2D eigenvalue weighted by molar-refractivity contribution is 0.685. The fourth-order valence-corrected chi connectivity index (χ4v) is 3.09. The molecule has 0 bridgehead atoms. The maximum Gasteiger partial charge on any atom is 0.167 e. The highest BCUT2D eigenvalue weighted by atomic mass is 32.2. The van der Waals surface area contributed by atoms with E-state index in [1.807, 2.05) is 59.9 Å². The van der Waals surface area contributed by atoms with Crippen LogP contribution in [0.2, 0.25) is 0 Å². The zero-order valence-electron chi connectivity index (χ0n) is 15.5. The Morgan fingerprint density at radius 1 is 1.12 bits per heavy atom. The lowest BCUT2D eigenvalue weighted by atomic mass is 10.1. The highest BCUT2D eigenvalue weighted by molar-refractivity contribution is 7.86. The highest BCUT2D eigenvalue weighted by Gasteiger charge is 2.13. The second-order valence-electron chi connectivity index (χ2n) is 4.66. The molecule has 6 nitrogen and oxygen atoms in total. The molecule has 0 fully saturated rings. The van der Waals surface area contributed by atoms with E-state index in [9.17, 15) is 4.21 Å². The Labute approximate surface area is 146 Å². The number of nitrogens with zero attached hydrogens (tertiary/aromatic N) is 4. The number of rotatable bonds is 3. The van der Waals surface area contributed by atoms with E-state index in [0.717, 1.165) is 16.5 Å². The van der Waals surface area contributed by atoms with E-state index in [2.05, 4.69) is 14.9 Å². The number of fused-ring (bicyclic) bond motifs is 1.